The average Bonchev–Trinajstić information content (AvgIpc) is 3.40. The van der Waals surface area contributed by atoms with Gasteiger partial charge in [0.25, 0.3) is 0 Å². The maximum Gasteiger partial charge on any atom is 0.321 e. The quantitative estimate of drug-likeness (QED) is 0.613. The Hall–Kier alpha value is -2.32. The molecular weight excluding hydrogens is 410 g/mol. The molecule has 176 valence electrons. The second kappa shape index (κ2) is 10.1. The van der Waals surface area contributed by atoms with Crippen LogP contribution >= 0.6 is 0 Å². The second-order valence-electron chi connectivity index (χ2n) is 9.02. The molecular formula is C24H35N3O5. The number of aryl methyl sites for hydroxylation is 1. The largest absolute Gasteiger partial charge is 0.496 e. The lowest BCUT2D eigenvalue weighted by Gasteiger charge is -2.42. The summed E-state index contributed by atoms with van der Waals surface area (Å²) in [5.74, 6) is 0.997. The predicted octanol–water partition coefficient (Wildman–Crippen LogP) is 2.16. The molecule has 1 aromatic carbocycles. The Kier molecular flexibility index (Phi) is 7.20. The van der Waals surface area contributed by atoms with E-state index in [1.807, 2.05) is 34.1 Å². The summed E-state index contributed by atoms with van der Waals surface area (Å²) in [6.07, 6.45) is 3.64. The van der Waals surface area contributed by atoms with Crippen LogP contribution in [0, 0.1) is 0 Å². The van der Waals surface area contributed by atoms with E-state index in [1.54, 1.807) is 14.2 Å². The van der Waals surface area contributed by atoms with E-state index in [-0.39, 0.29) is 23.5 Å². The summed E-state index contributed by atoms with van der Waals surface area (Å²) in [6, 6.07) is 8.09. The van der Waals surface area contributed by atoms with Crippen LogP contribution in [0.3, 0.4) is 0 Å². The maximum absolute atomic E-state index is 13.3. The Morgan fingerprint density at radius 1 is 1.22 bits per heavy atom. The van der Waals surface area contributed by atoms with Crippen LogP contribution in [-0.2, 0) is 20.7 Å². The molecule has 3 aliphatic rings. The van der Waals surface area contributed by atoms with Gasteiger partial charge in [-0.3, -0.25) is 4.79 Å². The zero-order chi connectivity index (χ0) is 22.6. The van der Waals surface area contributed by atoms with Gasteiger partial charge in [0.15, 0.2) is 0 Å². The summed E-state index contributed by atoms with van der Waals surface area (Å²) < 4.78 is 16.3. The highest BCUT2D eigenvalue weighted by molar-refractivity contribution is 5.79. The number of urea groups is 1. The molecule has 8 nitrogen and oxygen atoms in total. The minimum Gasteiger partial charge on any atom is -0.496 e. The van der Waals surface area contributed by atoms with Crippen molar-refractivity contribution in [2.45, 2.75) is 43.7 Å². The Bertz CT molecular complexity index is 803. The zero-order valence-electron chi connectivity index (χ0n) is 19.3. The normalized spacial score (nSPS) is 24.1. The van der Waals surface area contributed by atoms with Gasteiger partial charge in [-0.25, -0.2) is 4.79 Å². The highest BCUT2D eigenvalue weighted by Gasteiger charge is 2.54. The Morgan fingerprint density at radius 3 is 2.69 bits per heavy atom. The van der Waals surface area contributed by atoms with Crippen molar-refractivity contribution in [2.75, 3.05) is 60.2 Å². The number of hydrogen-bond donors (Lipinski definition) is 0. The molecule has 3 fully saturated rings. The number of carbonyl (C=O) groups is 2. The van der Waals surface area contributed by atoms with E-state index < -0.39 is 0 Å². The fourth-order valence-electron chi connectivity index (χ4n) is 5.37. The predicted molar refractivity (Wildman–Crippen MR) is 120 cm³/mol. The van der Waals surface area contributed by atoms with Gasteiger partial charge in [-0.2, -0.15) is 0 Å². The van der Waals surface area contributed by atoms with Crippen LogP contribution in [0.2, 0.25) is 0 Å². The van der Waals surface area contributed by atoms with E-state index in [2.05, 4.69) is 4.90 Å². The van der Waals surface area contributed by atoms with Crippen LogP contribution in [0.5, 0.6) is 5.75 Å². The van der Waals surface area contributed by atoms with E-state index in [9.17, 15) is 9.59 Å². The number of nitrogens with zero attached hydrogens (tertiary/aromatic N) is 3. The molecule has 3 heterocycles. The molecule has 0 radical (unpaired) electrons. The van der Waals surface area contributed by atoms with E-state index >= 15 is 0 Å². The van der Waals surface area contributed by atoms with Crippen LogP contribution in [0.25, 0.3) is 0 Å². The van der Waals surface area contributed by atoms with Gasteiger partial charge >= 0.3 is 6.03 Å². The Balaban J connectivity index is 1.34. The fraction of sp³-hybridized carbons (Fsp3) is 0.667. The SMILES string of the molecule is COCCN1CC2(CCOC2)N(C2CCN(C(=O)CCc3ccccc3OC)CC2)C1=O. The second-order valence-corrected chi connectivity index (χ2v) is 9.02. The average molecular weight is 446 g/mol. The summed E-state index contributed by atoms with van der Waals surface area (Å²) in [7, 11) is 3.32. The number of para-hydroxylation sites is 1. The molecule has 0 N–H and O–H groups in total. The third-order valence-corrected chi connectivity index (χ3v) is 7.10. The van der Waals surface area contributed by atoms with Crippen LogP contribution in [0.15, 0.2) is 24.3 Å². The number of hydrogen-bond acceptors (Lipinski definition) is 5. The monoisotopic (exact) mass is 445 g/mol. The summed E-state index contributed by atoms with van der Waals surface area (Å²) in [4.78, 5) is 32.0. The first kappa shape index (κ1) is 22.9. The molecule has 1 unspecified atom stereocenters. The zero-order valence-corrected chi connectivity index (χ0v) is 19.3. The molecule has 3 saturated heterocycles. The lowest BCUT2D eigenvalue weighted by atomic mass is 9.92. The van der Waals surface area contributed by atoms with Crippen LogP contribution in [0.1, 0.15) is 31.2 Å². The molecule has 0 aromatic heterocycles. The highest BCUT2D eigenvalue weighted by Crippen LogP contribution is 2.38. The molecule has 4 rings (SSSR count). The van der Waals surface area contributed by atoms with Gasteiger partial charge in [-0.1, -0.05) is 18.2 Å². The molecule has 3 amide bonds. The van der Waals surface area contributed by atoms with E-state index in [0.29, 0.717) is 58.8 Å². The van der Waals surface area contributed by atoms with Crippen molar-refractivity contribution < 1.29 is 23.8 Å². The smallest absolute Gasteiger partial charge is 0.321 e. The molecule has 0 bridgehead atoms. The van der Waals surface area contributed by atoms with E-state index in [4.69, 9.17) is 14.2 Å². The van der Waals surface area contributed by atoms with Crippen molar-refractivity contribution in [1.29, 1.82) is 0 Å². The molecule has 8 heteroatoms. The first-order chi connectivity index (χ1) is 15.6. The van der Waals surface area contributed by atoms with Gasteiger partial charge in [-0.05, 0) is 37.3 Å². The number of rotatable bonds is 8. The molecule has 1 atom stereocenters. The van der Waals surface area contributed by atoms with Gasteiger partial charge in [0.1, 0.15) is 5.75 Å². The Labute approximate surface area is 190 Å². The number of amides is 3. The lowest BCUT2D eigenvalue weighted by Crippen LogP contribution is -2.56. The number of methoxy groups -OCH3 is 2. The van der Waals surface area contributed by atoms with Gasteiger partial charge in [0.2, 0.25) is 5.91 Å². The van der Waals surface area contributed by atoms with Crippen molar-refractivity contribution in [1.82, 2.24) is 14.7 Å². The van der Waals surface area contributed by atoms with Gasteiger partial charge in [-0.15, -0.1) is 0 Å². The van der Waals surface area contributed by atoms with Crippen LogP contribution < -0.4 is 4.74 Å². The van der Waals surface area contributed by atoms with Crippen LogP contribution in [-0.4, -0.2) is 98.4 Å². The van der Waals surface area contributed by atoms with Gasteiger partial charge < -0.3 is 28.9 Å². The van der Waals surface area contributed by atoms with E-state index in [1.165, 1.54) is 0 Å². The minimum atomic E-state index is -0.231. The summed E-state index contributed by atoms with van der Waals surface area (Å²) in [6.45, 7) is 4.52. The lowest BCUT2D eigenvalue weighted by molar-refractivity contribution is -0.132. The van der Waals surface area contributed by atoms with Crippen LogP contribution in [0.4, 0.5) is 4.79 Å². The third kappa shape index (κ3) is 4.57. The standard InChI is InChI=1S/C24H35N3O5/c1-30-16-14-26-17-24(11-15-32-18-24)27(23(26)29)20-9-12-25(13-10-20)22(28)8-7-19-5-3-4-6-21(19)31-2/h3-6,20H,7-18H2,1-2H3. The molecule has 1 aromatic rings. The first-order valence-corrected chi connectivity index (χ1v) is 11.6. The summed E-state index contributed by atoms with van der Waals surface area (Å²) >= 11 is 0. The maximum atomic E-state index is 13.3. The van der Waals surface area contributed by atoms with Crippen molar-refractivity contribution in [3.63, 3.8) is 0 Å². The minimum absolute atomic E-state index is 0.0912. The number of ether oxygens (including phenoxy) is 3. The molecule has 3 aliphatic heterocycles. The number of benzene rings is 1. The van der Waals surface area contributed by atoms with Crippen molar-refractivity contribution in [3.8, 4) is 5.75 Å². The van der Waals surface area contributed by atoms with Crippen molar-refractivity contribution in [2.24, 2.45) is 0 Å². The van der Waals surface area contributed by atoms with Crippen molar-refractivity contribution >= 4 is 11.9 Å². The van der Waals surface area contributed by atoms with Gasteiger partial charge in [0.05, 0.1) is 25.9 Å². The van der Waals surface area contributed by atoms with E-state index in [0.717, 1.165) is 30.6 Å². The molecule has 32 heavy (non-hydrogen) atoms. The number of carbonyl (C=O) groups excluding carboxylic acids is 2. The fourth-order valence-corrected chi connectivity index (χ4v) is 5.37. The third-order valence-electron chi connectivity index (χ3n) is 7.10. The Morgan fingerprint density at radius 2 is 2.00 bits per heavy atom. The molecule has 0 aliphatic carbocycles. The first-order valence-electron chi connectivity index (χ1n) is 11.6. The number of likely N-dealkylation sites (tertiary alicyclic amines) is 1. The van der Waals surface area contributed by atoms with Gasteiger partial charge in [0, 0.05) is 52.4 Å². The molecule has 0 saturated carbocycles. The topological polar surface area (TPSA) is 71.6 Å². The summed E-state index contributed by atoms with van der Waals surface area (Å²) in [5.41, 5.74) is 0.825. The van der Waals surface area contributed by atoms with Crippen molar-refractivity contribution in [3.05, 3.63) is 29.8 Å². The number of piperidine rings is 1. The summed E-state index contributed by atoms with van der Waals surface area (Å²) in [5, 5.41) is 0. The highest BCUT2D eigenvalue weighted by atomic mass is 16.5. The molecule has 1 spiro atoms.